The lowest BCUT2D eigenvalue weighted by atomic mass is 10.0. The van der Waals surface area contributed by atoms with E-state index < -0.39 is 42.5 Å². The number of para-hydroxylation sites is 1. The molecule has 0 saturated heterocycles. The highest BCUT2D eigenvalue weighted by molar-refractivity contribution is 5.92. The van der Waals surface area contributed by atoms with Crippen molar-refractivity contribution in [3.05, 3.63) is 96.3 Å². The van der Waals surface area contributed by atoms with Crippen molar-refractivity contribution in [3.8, 4) is 22.9 Å². The van der Waals surface area contributed by atoms with Crippen molar-refractivity contribution in [3.63, 3.8) is 0 Å². The van der Waals surface area contributed by atoms with Crippen LogP contribution in [0, 0.1) is 0 Å². The van der Waals surface area contributed by atoms with E-state index in [4.69, 9.17) is 9.47 Å². The Bertz CT molecular complexity index is 1720. The van der Waals surface area contributed by atoms with Crippen LogP contribution < -0.4 is 30.7 Å². The fourth-order valence-corrected chi connectivity index (χ4v) is 5.11. The van der Waals surface area contributed by atoms with E-state index in [1.807, 2.05) is 48.5 Å². The standard InChI is InChI=1S/C35H39N7O7/c1-23-33-40-32(25-8-4-2-5-9-25)41-42(33)21-31(45)36-17-19-49-27-14-12-24(13-15-27)20-28(34(46)39-29(22-43)35(47)37-23)38-30(44)16-18-48-26-10-6-3-7-11-26/h2-15,23,28-29,43H,16-22H2,1H3,(H,36,45)(H,37,47)(H,38,44)(H,39,46)/t23-,28-,29-/m0/s1. The normalized spacial score (nSPS) is 19.0. The highest BCUT2D eigenvalue weighted by Crippen LogP contribution is 2.19. The molecular weight excluding hydrogens is 630 g/mol. The molecule has 2 aliphatic heterocycles. The molecule has 2 bridgehead atoms. The third-order valence-corrected chi connectivity index (χ3v) is 7.64. The number of fused-ring (bicyclic) bond motifs is 14. The second-order valence-electron chi connectivity index (χ2n) is 11.4. The number of aromatic nitrogens is 3. The summed E-state index contributed by atoms with van der Waals surface area (Å²) < 4.78 is 12.8. The molecule has 1 aromatic heterocycles. The Balaban J connectivity index is 1.35. The zero-order valence-corrected chi connectivity index (χ0v) is 27.0. The van der Waals surface area contributed by atoms with Crippen LogP contribution in [0.3, 0.4) is 0 Å². The monoisotopic (exact) mass is 669 g/mol. The van der Waals surface area contributed by atoms with Crippen LogP contribution in [-0.4, -0.2) is 81.9 Å². The fourth-order valence-electron chi connectivity index (χ4n) is 5.11. The lowest BCUT2D eigenvalue weighted by molar-refractivity contribution is -0.133. The molecule has 0 fully saturated rings. The van der Waals surface area contributed by atoms with Gasteiger partial charge >= 0.3 is 0 Å². The third kappa shape index (κ3) is 9.87. The summed E-state index contributed by atoms with van der Waals surface area (Å²) in [6.07, 6.45) is 0.0735. The molecule has 0 spiro atoms. The molecule has 3 heterocycles. The van der Waals surface area contributed by atoms with Gasteiger partial charge in [-0.15, -0.1) is 0 Å². The molecule has 49 heavy (non-hydrogen) atoms. The van der Waals surface area contributed by atoms with E-state index in [0.717, 1.165) is 0 Å². The molecule has 0 aliphatic carbocycles. The van der Waals surface area contributed by atoms with E-state index in [1.54, 1.807) is 43.3 Å². The topological polar surface area (TPSA) is 186 Å². The van der Waals surface area contributed by atoms with Gasteiger partial charge in [0.05, 0.1) is 32.2 Å². The average Bonchev–Trinajstić information content (AvgIpc) is 3.53. The number of carbonyl (C=O) groups is 4. The Morgan fingerprint density at radius 3 is 2.41 bits per heavy atom. The van der Waals surface area contributed by atoms with E-state index in [9.17, 15) is 24.3 Å². The van der Waals surface area contributed by atoms with Crippen LogP contribution in [0.1, 0.15) is 30.8 Å². The van der Waals surface area contributed by atoms with Crippen LogP contribution in [0.25, 0.3) is 11.4 Å². The van der Waals surface area contributed by atoms with E-state index in [-0.39, 0.29) is 45.1 Å². The molecular formula is C35H39N7O7. The maximum atomic E-state index is 13.6. The summed E-state index contributed by atoms with van der Waals surface area (Å²) in [5.41, 5.74) is 1.43. The largest absolute Gasteiger partial charge is 0.493 e. The summed E-state index contributed by atoms with van der Waals surface area (Å²) >= 11 is 0. The Hall–Kier alpha value is -5.76. The molecule has 0 radical (unpaired) electrons. The number of ether oxygens (including phenoxy) is 2. The van der Waals surface area contributed by atoms with Crippen molar-refractivity contribution < 1.29 is 33.8 Å². The van der Waals surface area contributed by atoms with Crippen molar-refractivity contribution in [1.29, 1.82) is 0 Å². The molecule has 14 heteroatoms. The predicted octanol–water partition coefficient (Wildman–Crippen LogP) is 1.30. The van der Waals surface area contributed by atoms with Gasteiger partial charge in [0.2, 0.25) is 23.6 Å². The smallest absolute Gasteiger partial charge is 0.245 e. The van der Waals surface area contributed by atoms with Crippen LogP contribution in [0.5, 0.6) is 11.5 Å². The number of aliphatic hydroxyl groups is 1. The average molecular weight is 670 g/mol. The predicted molar refractivity (Wildman–Crippen MR) is 178 cm³/mol. The molecule has 3 aromatic carbocycles. The Labute approximate surface area is 283 Å². The van der Waals surface area contributed by atoms with E-state index in [0.29, 0.717) is 34.3 Å². The second-order valence-corrected chi connectivity index (χ2v) is 11.4. The second kappa shape index (κ2) is 16.9. The summed E-state index contributed by atoms with van der Waals surface area (Å²) in [5.74, 6) is -0.320. The zero-order valence-electron chi connectivity index (χ0n) is 27.0. The molecule has 5 N–H and O–H groups in total. The Kier molecular flexibility index (Phi) is 11.9. The van der Waals surface area contributed by atoms with E-state index in [2.05, 4.69) is 31.3 Å². The molecule has 0 saturated carbocycles. The summed E-state index contributed by atoms with van der Waals surface area (Å²) in [5, 5.41) is 25.6. The van der Waals surface area contributed by atoms with Crippen molar-refractivity contribution in [2.24, 2.45) is 0 Å². The van der Waals surface area contributed by atoms with Crippen LogP contribution >= 0.6 is 0 Å². The van der Waals surface area contributed by atoms with Gasteiger partial charge in [-0.25, -0.2) is 9.67 Å². The van der Waals surface area contributed by atoms with Gasteiger partial charge in [0.1, 0.15) is 42.6 Å². The van der Waals surface area contributed by atoms with Gasteiger partial charge in [-0.3, -0.25) is 19.2 Å². The highest BCUT2D eigenvalue weighted by atomic mass is 16.5. The summed E-state index contributed by atoms with van der Waals surface area (Å²) in [6, 6.07) is 22.0. The maximum Gasteiger partial charge on any atom is 0.245 e. The molecule has 2 aliphatic rings. The first-order valence-corrected chi connectivity index (χ1v) is 16.0. The fraction of sp³-hybridized carbons (Fsp3) is 0.314. The lowest BCUT2D eigenvalue weighted by Crippen LogP contribution is -2.56. The number of carbonyl (C=O) groups excluding carboxylic acids is 4. The number of amides is 4. The number of nitrogens with zero attached hydrogens (tertiary/aromatic N) is 3. The number of hydrogen-bond acceptors (Lipinski definition) is 9. The third-order valence-electron chi connectivity index (χ3n) is 7.64. The number of rotatable bonds is 7. The molecule has 256 valence electrons. The van der Waals surface area contributed by atoms with E-state index in [1.165, 1.54) is 4.68 Å². The first-order valence-electron chi connectivity index (χ1n) is 16.0. The van der Waals surface area contributed by atoms with Crippen LogP contribution in [0.4, 0.5) is 0 Å². The van der Waals surface area contributed by atoms with Gasteiger partial charge < -0.3 is 35.8 Å². The molecule has 0 unspecified atom stereocenters. The Morgan fingerprint density at radius 2 is 1.69 bits per heavy atom. The molecule has 6 rings (SSSR count). The molecule has 4 aromatic rings. The minimum Gasteiger partial charge on any atom is -0.493 e. The number of benzene rings is 3. The maximum absolute atomic E-state index is 13.6. The molecule has 3 atom stereocenters. The summed E-state index contributed by atoms with van der Waals surface area (Å²) in [7, 11) is 0. The quantitative estimate of drug-likeness (QED) is 0.194. The SMILES string of the molecule is C[C@@H]1NC(=O)[C@H](CO)NC(=O)[C@@H](NC(=O)CCOc2ccccc2)Cc2ccc(cc2)OCCNC(=O)Cn2nc(-c3ccccc3)nc21. The van der Waals surface area contributed by atoms with Crippen molar-refractivity contribution >= 4 is 23.6 Å². The zero-order chi connectivity index (χ0) is 34.6. The van der Waals surface area contributed by atoms with E-state index >= 15 is 0 Å². The van der Waals surface area contributed by atoms with Gasteiger partial charge in [-0.05, 0) is 36.8 Å². The van der Waals surface area contributed by atoms with Gasteiger partial charge in [0.15, 0.2) is 5.82 Å². The van der Waals surface area contributed by atoms with Gasteiger partial charge in [-0.2, -0.15) is 5.10 Å². The lowest BCUT2D eigenvalue weighted by Gasteiger charge is -2.24. The van der Waals surface area contributed by atoms with Gasteiger partial charge in [-0.1, -0.05) is 60.7 Å². The van der Waals surface area contributed by atoms with Crippen LogP contribution in [-0.2, 0) is 32.1 Å². The Morgan fingerprint density at radius 1 is 0.980 bits per heavy atom. The first kappa shape index (κ1) is 34.6. The van der Waals surface area contributed by atoms with Crippen molar-refractivity contribution in [1.82, 2.24) is 36.0 Å². The number of nitrogens with one attached hydrogen (secondary N) is 4. The minimum atomic E-state index is -1.36. The van der Waals surface area contributed by atoms with Crippen molar-refractivity contribution in [2.45, 2.75) is 44.4 Å². The molecule has 14 nitrogen and oxygen atoms in total. The highest BCUT2D eigenvalue weighted by Gasteiger charge is 2.29. The number of aliphatic hydroxyl groups excluding tert-OH is 1. The minimum absolute atomic E-state index is 0.0188. The van der Waals surface area contributed by atoms with Gasteiger partial charge in [0.25, 0.3) is 0 Å². The molecule has 4 amide bonds. The summed E-state index contributed by atoms with van der Waals surface area (Å²) in [4.78, 5) is 57.4. The van der Waals surface area contributed by atoms with Gasteiger partial charge in [0, 0.05) is 12.0 Å². The van der Waals surface area contributed by atoms with Crippen LogP contribution in [0.15, 0.2) is 84.9 Å². The van der Waals surface area contributed by atoms with Crippen molar-refractivity contribution in [2.75, 3.05) is 26.4 Å². The van der Waals surface area contributed by atoms with Crippen LogP contribution in [0.2, 0.25) is 0 Å². The summed E-state index contributed by atoms with van der Waals surface area (Å²) in [6.45, 7) is 1.28. The first-order chi connectivity index (χ1) is 23.8. The number of hydrogen-bond donors (Lipinski definition) is 5.